The zero-order valence-electron chi connectivity index (χ0n) is 14.7. The molecule has 2 rings (SSSR count). The van der Waals surface area contributed by atoms with E-state index in [2.05, 4.69) is 56.0 Å². The fraction of sp³-hybridized carbons (Fsp3) is 0.381. The van der Waals surface area contributed by atoms with Crippen molar-refractivity contribution in [2.45, 2.75) is 34.1 Å². The van der Waals surface area contributed by atoms with E-state index in [4.69, 9.17) is 5.26 Å². The summed E-state index contributed by atoms with van der Waals surface area (Å²) in [5, 5.41) is 8.95. The number of nitriles is 1. The maximum absolute atomic E-state index is 8.95. The van der Waals surface area contributed by atoms with Crippen molar-refractivity contribution in [1.29, 1.82) is 5.26 Å². The zero-order chi connectivity index (χ0) is 16.8. The lowest BCUT2D eigenvalue weighted by Crippen LogP contribution is -2.31. The Hall–Kier alpha value is -2.11. The zero-order valence-corrected chi connectivity index (χ0v) is 14.7. The molecule has 0 spiro atoms. The van der Waals surface area contributed by atoms with Gasteiger partial charge in [-0.25, -0.2) is 0 Å². The molecule has 23 heavy (non-hydrogen) atoms. The number of rotatable bonds is 4. The molecule has 2 heteroatoms. The van der Waals surface area contributed by atoms with Crippen LogP contribution >= 0.6 is 0 Å². The second-order valence-corrected chi connectivity index (χ2v) is 6.32. The molecule has 1 aromatic carbocycles. The van der Waals surface area contributed by atoms with Crippen molar-refractivity contribution in [1.82, 2.24) is 4.90 Å². The Morgan fingerprint density at radius 2 is 2.09 bits per heavy atom. The molecule has 0 aliphatic carbocycles. The standard InChI is InChI=1S/C21H26N2/c1-5-19(14-22)7-6-11-23-12-10-18(4)21(15-23)20-13-16(2)8-9-17(20)3/h5-9,13H,10-12,15H2,1-4H3/b7-6-,19-5+. The second kappa shape index (κ2) is 7.94. The Balaban J connectivity index is 2.14. The number of allylic oxidation sites excluding steroid dienone is 3. The molecule has 0 amide bonds. The van der Waals surface area contributed by atoms with Crippen LogP contribution in [0, 0.1) is 25.2 Å². The Bertz CT molecular complexity index is 699. The molecule has 0 radical (unpaired) electrons. The highest BCUT2D eigenvalue weighted by atomic mass is 15.1. The minimum Gasteiger partial charge on any atom is -0.295 e. The van der Waals surface area contributed by atoms with E-state index in [1.54, 1.807) is 0 Å². The lowest BCUT2D eigenvalue weighted by atomic mass is 9.91. The topological polar surface area (TPSA) is 27.0 Å². The van der Waals surface area contributed by atoms with Crippen molar-refractivity contribution < 1.29 is 0 Å². The van der Waals surface area contributed by atoms with Crippen molar-refractivity contribution in [2.24, 2.45) is 0 Å². The van der Waals surface area contributed by atoms with Gasteiger partial charge in [0.25, 0.3) is 0 Å². The van der Waals surface area contributed by atoms with Crippen LogP contribution in [-0.4, -0.2) is 24.5 Å². The molecule has 0 saturated heterocycles. The first-order valence-electron chi connectivity index (χ1n) is 8.26. The van der Waals surface area contributed by atoms with Gasteiger partial charge in [0.15, 0.2) is 0 Å². The van der Waals surface area contributed by atoms with E-state index in [0.717, 1.165) is 31.6 Å². The van der Waals surface area contributed by atoms with Gasteiger partial charge >= 0.3 is 0 Å². The van der Waals surface area contributed by atoms with Gasteiger partial charge in [-0.15, -0.1) is 0 Å². The average molecular weight is 306 g/mol. The van der Waals surface area contributed by atoms with Crippen LogP contribution < -0.4 is 0 Å². The van der Waals surface area contributed by atoms with Crippen LogP contribution in [0.2, 0.25) is 0 Å². The SMILES string of the molecule is C/C=C(C#N)\C=C/CN1CCC(C)=C(c2cc(C)ccc2C)C1. The van der Waals surface area contributed by atoms with E-state index in [9.17, 15) is 0 Å². The summed E-state index contributed by atoms with van der Waals surface area (Å²) < 4.78 is 0. The fourth-order valence-electron chi connectivity index (χ4n) is 2.97. The summed E-state index contributed by atoms with van der Waals surface area (Å²) in [5.41, 5.74) is 7.76. The third kappa shape index (κ3) is 4.43. The first kappa shape index (κ1) is 17.2. The van der Waals surface area contributed by atoms with Gasteiger partial charge in [-0.3, -0.25) is 4.90 Å². The third-order valence-electron chi connectivity index (χ3n) is 4.52. The Morgan fingerprint density at radius 3 is 2.78 bits per heavy atom. The van der Waals surface area contributed by atoms with Gasteiger partial charge in [-0.05, 0) is 56.9 Å². The molecule has 1 aromatic rings. The van der Waals surface area contributed by atoms with Crippen LogP contribution in [0.3, 0.4) is 0 Å². The molecule has 1 aliphatic heterocycles. The van der Waals surface area contributed by atoms with Gasteiger partial charge in [-0.2, -0.15) is 5.26 Å². The summed E-state index contributed by atoms with van der Waals surface area (Å²) in [6.45, 7) is 11.5. The van der Waals surface area contributed by atoms with Crippen molar-refractivity contribution in [3.8, 4) is 6.07 Å². The van der Waals surface area contributed by atoms with E-state index in [1.807, 2.05) is 19.1 Å². The molecule has 0 unspecified atom stereocenters. The minimum atomic E-state index is 0.725. The van der Waals surface area contributed by atoms with E-state index >= 15 is 0 Å². The second-order valence-electron chi connectivity index (χ2n) is 6.32. The highest BCUT2D eigenvalue weighted by molar-refractivity contribution is 5.73. The summed E-state index contributed by atoms with van der Waals surface area (Å²) in [6.07, 6.45) is 6.98. The smallest absolute Gasteiger partial charge is 0.0987 e. The van der Waals surface area contributed by atoms with Gasteiger partial charge in [0.1, 0.15) is 0 Å². The molecule has 2 nitrogen and oxygen atoms in total. The number of aryl methyl sites for hydroxylation is 2. The number of nitrogens with zero attached hydrogens (tertiary/aromatic N) is 2. The highest BCUT2D eigenvalue weighted by Gasteiger charge is 2.18. The molecular formula is C21H26N2. The highest BCUT2D eigenvalue weighted by Crippen LogP contribution is 2.29. The van der Waals surface area contributed by atoms with E-state index in [0.29, 0.717) is 0 Å². The predicted octanol–water partition coefficient (Wildman–Crippen LogP) is 4.81. The van der Waals surface area contributed by atoms with Gasteiger partial charge in [0, 0.05) is 25.2 Å². The summed E-state index contributed by atoms with van der Waals surface area (Å²) >= 11 is 0. The van der Waals surface area contributed by atoms with Crippen molar-refractivity contribution in [3.05, 3.63) is 64.3 Å². The van der Waals surface area contributed by atoms with Crippen molar-refractivity contribution in [3.63, 3.8) is 0 Å². The van der Waals surface area contributed by atoms with Crippen LogP contribution in [0.5, 0.6) is 0 Å². The number of hydrogen-bond acceptors (Lipinski definition) is 2. The van der Waals surface area contributed by atoms with Crippen molar-refractivity contribution in [2.75, 3.05) is 19.6 Å². The molecule has 0 atom stereocenters. The van der Waals surface area contributed by atoms with Crippen LogP contribution in [0.1, 0.15) is 37.0 Å². The third-order valence-corrected chi connectivity index (χ3v) is 4.52. The number of benzene rings is 1. The Labute approximate surface area is 140 Å². The molecule has 0 fully saturated rings. The summed E-state index contributed by atoms with van der Waals surface area (Å²) in [6, 6.07) is 8.89. The Morgan fingerprint density at radius 1 is 1.30 bits per heavy atom. The average Bonchev–Trinajstić information content (AvgIpc) is 2.55. The lowest BCUT2D eigenvalue weighted by Gasteiger charge is -2.30. The first-order valence-corrected chi connectivity index (χ1v) is 8.26. The van der Waals surface area contributed by atoms with Gasteiger partial charge in [-0.1, -0.05) is 41.5 Å². The molecule has 0 saturated carbocycles. The van der Waals surface area contributed by atoms with Gasteiger partial charge in [0.05, 0.1) is 6.07 Å². The largest absolute Gasteiger partial charge is 0.295 e. The maximum Gasteiger partial charge on any atom is 0.0987 e. The van der Waals surface area contributed by atoms with Crippen LogP contribution in [0.4, 0.5) is 0 Å². The van der Waals surface area contributed by atoms with Crippen LogP contribution in [0.15, 0.2) is 47.6 Å². The quantitative estimate of drug-likeness (QED) is 0.589. The normalized spacial score (nSPS) is 16.9. The molecule has 0 bridgehead atoms. The van der Waals surface area contributed by atoms with Gasteiger partial charge < -0.3 is 0 Å². The molecule has 0 N–H and O–H groups in total. The van der Waals surface area contributed by atoms with Crippen molar-refractivity contribution >= 4 is 5.57 Å². The minimum absolute atomic E-state index is 0.725. The maximum atomic E-state index is 8.95. The van der Waals surface area contributed by atoms with E-state index < -0.39 is 0 Å². The molecular weight excluding hydrogens is 280 g/mol. The summed E-state index contributed by atoms with van der Waals surface area (Å²) in [7, 11) is 0. The monoisotopic (exact) mass is 306 g/mol. The van der Waals surface area contributed by atoms with E-state index in [-0.39, 0.29) is 0 Å². The van der Waals surface area contributed by atoms with Crippen LogP contribution in [-0.2, 0) is 0 Å². The molecule has 120 valence electrons. The predicted molar refractivity (Wildman–Crippen MR) is 98.1 cm³/mol. The van der Waals surface area contributed by atoms with E-state index in [1.165, 1.54) is 27.8 Å². The lowest BCUT2D eigenvalue weighted by molar-refractivity contribution is 0.332. The molecule has 0 aromatic heterocycles. The Kier molecular flexibility index (Phi) is 5.96. The number of hydrogen-bond donors (Lipinski definition) is 0. The van der Waals surface area contributed by atoms with Crippen LogP contribution in [0.25, 0.3) is 5.57 Å². The summed E-state index contributed by atoms with van der Waals surface area (Å²) in [4.78, 5) is 2.45. The first-order chi connectivity index (χ1) is 11.0. The fourth-order valence-corrected chi connectivity index (χ4v) is 2.97. The van der Waals surface area contributed by atoms with Gasteiger partial charge in [0.2, 0.25) is 0 Å². The molecule has 1 heterocycles. The summed E-state index contributed by atoms with van der Waals surface area (Å²) in [5.74, 6) is 0. The molecule has 1 aliphatic rings.